The maximum atomic E-state index is 12.2. The average molecular weight is 420 g/mol. The molecule has 2 aromatic carbocycles. The lowest BCUT2D eigenvalue weighted by molar-refractivity contribution is -0.120. The zero-order chi connectivity index (χ0) is 19.1. The highest BCUT2D eigenvalue weighted by Gasteiger charge is 2.12. The Hall–Kier alpha value is -2.01. The molecule has 0 aliphatic rings. The highest BCUT2D eigenvalue weighted by atomic mass is 79.9. The summed E-state index contributed by atoms with van der Waals surface area (Å²) in [5, 5.41) is 2.99. The van der Waals surface area contributed by atoms with Crippen LogP contribution in [0.25, 0.3) is 0 Å². The maximum Gasteiger partial charge on any atom is 0.224 e. The van der Waals surface area contributed by atoms with Crippen LogP contribution in [0.2, 0.25) is 0 Å². The number of methoxy groups -OCH3 is 2. The average Bonchev–Trinajstić information content (AvgIpc) is 2.61. The first-order valence-corrected chi connectivity index (χ1v) is 9.47. The number of nitrogens with one attached hydrogen (secondary N) is 1. The van der Waals surface area contributed by atoms with Gasteiger partial charge in [0.25, 0.3) is 0 Å². The van der Waals surface area contributed by atoms with E-state index >= 15 is 0 Å². The Balaban J connectivity index is 1.85. The van der Waals surface area contributed by atoms with E-state index in [0.29, 0.717) is 24.5 Å². The zero-order valence-corrected chi connectivity index (χ0v) is 17.4. The predicted octanol–water partition coefficient (Wildman–Crippen LogP) is 4.37. The molecule has 2 aromatic rings. The highest BCUT2D eigenvalue weighted by molar-refractivity contribution is 9.10. The highest BCUT2D eigenvalue weighted by Crippen LogP contribution is 2.33. The van der Waals surface area contributed by atoms with Crippen molar-refractivity contribution >= 4 is 21.8 Å². The molecule has 0 aliphatic carbocycles. The molecule has 0 aromatic heterocycles. The summed E-state index contributed by atoms with van der Waals surface area (Å²) in [6.45, 7) is 4.90. The number of halogens is 1. The lowest BCUT2D eigenvalue weighted by Gasteiger charge is -2.12. The van der Waals surface area contributed by atoms with Crippen LogP contribution in [0.15, 0.2) is 34.8 Å². The number of hydrogen-bond acceptors (Lipinski definition) is 3. The summed E-state index contributed by atoms with van der Waals surface area (Å²) in [6, 6.07) is 10.2. The summed E-state index contributed by atoms with van der Waals surface area (Å²) in [4.78, 5) is 12.2. The van der Waals surface area contributed by atoms with Crippen molar-refractivity contribution in [3.63, 3.8) is 0 Å². The molecular weight excluding hydrogens is 394 g/mol. The van der Waals surface area contributed by atoms with Gasteiger partial charge in [-0.3, -0.25) is 4.79 Å². The third-order valence-corrected chi connectivity index (χ3v) is 5.08. The molecule has 0 radical (unpaired) electrons. The van der Waals surface area contributed by atoms with E-state index < -0.39 is 0 Å². The van der Waals surface area contributed by atoms with Crippen LogP contribution in [-0.2, 0) is 17.6 Å². The van der Waals surface area contributed by atoms with Crippen LogP contribution in [0.1, 0.15) is 28.7 Å². The van der Waals surface area contributed by atoms with E-state index in [1.165, 1.54) is 16.7 Å². The summed E-state index contributed by atoms with van der Waals surface area (Å²) in [6.07, 6.45) is 2.18. The zero-order valence-electron chi connectivity index (χ0n) is 15.8. The van der Waals surface area contributed by atoms with Crippen molar-refractivity contribution in [1.29, 1.82) is 0 Å². The van der Waals surface area contributed by atoms with Crippen LogP contribution in [0.3, 0.4) is 0 Å². The Labute approximate surface area is 164 Å². The molecule has 0 spiro atoms. The van der Waals surface area contributed by atoms with Gasteiger partial charge in [0.1, 0.15) is 0 Å². The van der Waals surface area contributed by atoms with Gasteiger partial charge < -0.3 is 14.8 Å². The molecule has 5 heteroatoms. The Morgan fingerprint density at radius 2 is 1.73 bits per heavy atom. The Morgan fingerprint density at radius 3 is 2.38 bits per heavy atom. The van der Waals surface area contributed by atoms with Crippen molar-refractivity contribution in [2.45, 2.75) is 33.1 Å². The van der Waals surface area contributed by atoms with Crippen molar-refractivity contribution in [3.05, 3.63) is 57.1 Å². The summed E-state index contributed by atoms with van der Waals surface area (Å²) < 4.78 is 11.4. The molecule has 0 saturated carbocycles. The standard InChI is InChI=1S/C21H26BrNO3/c1-14-7-8-16(15(2)10-14)6-5-9-23-21(24)12-17-11-19(25-3)20(26-4)13-18(17)22/h7-8,10-11,13H,5-6,9,12H2,1-4H3,(H,23,24). The van der Waals surface area contributed by atoms with Gasteiger partial charge in [-0.15, -0.1) is 0 Å². The van der Waals surface area contributed by atoms with Crippen molar-refractivity contribution in [1.82, 2.24) is 5.32 Å². The first-order valence-electron chi connectivity index (χ1n) is 8.67. The van der Waals surface area contributed by atoms with Crippen LogP contribution in [-0.4, -0.2) is 26.7 Å². The minimum absolute atomic E-state index is 0.00134. The van der Waals surface area contributed by atoms with Crippen LogP contribution >= 0.6 is 15.9 Å². The first-order chi connectivity index (χ1) is 12.4. The fourth-order valence-corrected chi connectivity index (χ4v) is 3.36. The summed E-state index contributed by atoms with van der Waals surface area (Å²) in [5.41, 5.74) is 4.80. The van der Waals surface area contributed by atoms with Crippen molar-refractivity contribution in [2.24, 2.45) is 0 Å². The fraction of sp³-hybridized carbons (Fsp3) is 0.381. The normalized spacial score (nSPS) is 10.5. The van der Waals surface area contributed by atoms with Gasteiger partial charge in [0.05, 0.1) is 20.6 Å². The van der Waals surface area contributed by atoms with E-state index in [9.17, 15) is 4.79 Å². The smallest absolute Gasteiger partial charge is 0.224 e. The summed E-state index contributed by atoms with van der Waals surface area (Å²) in [5.74, 6) is 1.25. The lowest BCUT2D eigenvalue weighted by atomic mass is 10.0. The Bertz CT molecular complexity index is 774. The monoisotopic (exact) mass is 419 g/mol. The molecule has 0 saturated heterocycles. The lowest BCUT2D eigenvalue weighted by Crippen LogP contribution is -2.26. The van der Waals surface area contributed by atoms with E-state index in [1.54, 1.807) is 14.2 Å². The molecule has 4 nitrogen and oxygen atoms in total. The molecule has 26 heavy (non-hydrogen) atoms. The minimum Gasteiger partial charge on any atom is -0.493 e. The van der Waals surface area contributed by atoms with Crippen molar-refractivity contribution < 1.29 is 14.3 Å². The van der Waals surface area contributed by atoms with Gasteiger partial charge in [-0.05, 0) is 55.5 Å². The Morgan fingerprint density at radius 1 is 1.04 bits per heavy atom. The van der Waals surface area contributed by atoms with Gasteiger partial charge in [-0.1, -0.05) is 39.7 Å². The van der Waals surface area contributed by atoms with Gasteiger partial charge in [-0.25, -0.2) is 0 Å². The molecule has 1 amide bonds. The maximum absolute atomic E-state index is 12.2. The van der Waals surface area contributed by atoms with Gasteiger partial charge in [-0.2, -0.15) is 0 Å². The predicted molar refractivity (Wildman–Crippen MR) is 108 cm³/mol. The quantitative estimate of drug-likeness (QED) is 0.645. The minimum atomic E-state index is -0.00134. The van der Waals surface area contributed by atoms with Crippen LogP contribution in [0.4, 0.5) is 0 Å². The molecular formula is C21H26BrNO3. The van der Waals surface area contributed by atoms with E-state index in [1.807, 2.05) is 12.1 Å². The second-order valence-corrected chi connectivity index (χ2v) is 7.21. The fourth-order valence-electron chi connectivity index (χ4n) is 2.90. The van der Waals surface area contributed by atoms with Gasteiger partial charge in [0.2, 0.25) is 5.91 Å². The summed E-state index contributed by atoms with van der Waals surface area (Å²) in [7, 11) is 3.18. The number of rotatable bonds is 8. The molecule has 0 aliphatic heterocycles. The van der Waals surface area contributed by atoms with Crippen LogP contribution in [0.5, 0.6) is 11.5 Å². The number of hydrogen-bond donors (Lipinski definition) is 1. The third kappa shape index (κ3) is 5.49. The number of carbonyl (C=O) groups is 1. The number of ether oxygens (including phenoxy) is 2. The molecule has 2 rings (SSSR count). The molecule has 0 bridgehead atoms. The number of amides is 1. The van der Waals surface area contributed by atoms with Crippen molar-refractivity contribution in [2.75, 3.05) is 20.8 Å². The molecule has 0 heterocycles. The molecule has 0 unspecified atom stereocenters. The van der Waals surface area contributed by atoms with E-state index in [2.05, 4.69) is 53.3 Å². The number of aryl methyl sites for hydroxylation is 3. The van der Waals surface area contributed by atoms with Gasteiger partial charge in [0.15, 0.2) is 11.5 Å². The molecule has 0 fully saturated rings. The first kappa shape index (κ1) is 20.3. The third-order valence-electron chi connectivity index (χ3n) is 4.35. The van der Waals surface area contributed by atoms with E-state index in [0.717, 1.165) is 22.9 Å². The number of benzene rings is 2. The van der Waals surface area contributed by atoms with Crippen LogP contribution < -0.4 is 14.8 Å². The van der Waals surface area contributed by atoms with Crippen molar-refractivity contribution in [3.8, 4) is 11.5 Å². The topological polar surface area (TPSA) is 47.6 Å². The van der Waals surface area contributed by atoms with E-state index in [-0.39, 0.29) is 5.91 Å². The molecule has 140 valence electrons. The SMILES string of the molecule is COc1cc(Br)c(CC(=O)NCCCc2ccc(C)cc2C)cc1OC. The molecule has 0 atom stereocenters. The van der Waals surface area contributed by atoms with E-state index in [4.69, 9.17) is 9.47 Å². The van der Waals surface area contributed by atoms with Gasteiger partial charge >= 0.3 is 0 Å². The van der Waals surface area contributed by atoms with Gasteiger partial charge in [0, 0.05) is 11.0 Å². The van der Waals surface area contributed by atoms with Crippen LogP contribution in [0, 0.1) is 13.8 Å². The number of carbonyl (C=O) groups excluding carboxylic acids is 1. The largest absolute Gasteiger partial charge is 0.493 e. The molecule has 1 N–H and O–H groups in total. The second kappa shape index (κ2) is 9.62. The second-order valence-electron chi connectivity index (χ2n) is 6.36. The summed E-state index contributed by atoms with van der Waals surface area (Å²) >= 11 is 3.49. The Kier molecular flexibility index (Phi) is 7.51.